The van der Waals surface area contributed by atoms with Crippen molar-refractivity contribution >= 4 is 19.8 Å². The van der Waals surface area contributed by atoms with E-state index in [4.69, 9.17) is 24.3 Å². The molecule has 0 aromatic heterocycles. The maximum atomic E-state index is 12.7. The zero-order valence-corrected chi connectivity index (χ0v) is 53.8. The van der Waals surface area contributed by atoms with Crippen LogP contribution < -0.4 is 5.73 Å². The summed E-state index contributed by atoms with van der Waals surface area (Å²) >= 11 is 0. The average molecular weight is 1160 g/mol. The Bertz CT molecular complexity index is 1710. The van der Waals surface area contributed by atoms with Crippen LogP contribution in [0.2, 0.25) is 0 Å². The summed E-state index contributed by atoms with van der Waals surface area (Å²) in [5.74, 6) is -0.845. The van der Waals surface area contributed by atoms with Crippen molar-refractivity contribution in [1.29, 1.82) is 0 Å². The molecule has 10 heteroatoms. The minimum Gasteiger partial charge on any atom is -0.462 e. The van der Waals surface area contributed by atoms with Crippen LogP contribution in [-0.2, 0) is 32.7 Å². The lowest BCUT2D eigenvalue weighted by molar-refractivity contribution is -0.161. The fourth-order valence-corrected chi connectivity index (χ4v) is 10.2. The highest BCUT2D eigenvalue weighted by Gasteiger charge is 2.26. The second-order valence-corrected chi connectivity index (χ2v) is 23.8. The van der Waals surface area contributed by atoms with E-state index in [1.807, 2.05) is 0 Å². The number of phosphoric acid groups is 1. The van der Waals surface area contributed by atoms with E-state index in [-0.39, 0.29) is 38.6 Å². The van der Waals surface area contributed by atoms with E-state index in [1.54, 1.807) is 0 Å². The summed E-state index contributed by atoms with van der Waals surface area (Å²) in [7, 11) is -4.40. The Morgan fingerprint density at radius 1 is 0.378 bits per heavy atom. The summed E-state index contributed by atoms with van der Waals surface area (Å²) in [4.78, 5) is 35.3. The lowest BCUT2D eigenvalue weighted by Gasteiger charge is -2.19. The fourth-order valence-electron chi connectivity index (χ4n) is 9.45. The molecule has 0 aromatic rings. The maximum Gasteiger partial charge on any atom is 0.472 e. The first-order valence-corrected chi connectivity index (χ1v) is 35.4. The van der Waals surface area contributed by atoms with Crippen molar-refractivity contribution in [2.24, 2.45) is 5.73 Å². The number of carbonyl (C=O) groups is 2. The highest BCUT2D eigenvalue weighted by atomic mass is 31.2. The normalized spacial score (nSPS) is 13.7. The van der Waals surface area contributed by atoms with E-state index in [0.29, 0.717) is 6.42 Å². The van der Waals surface area contributed by atoms with Gasteiger partial charge in [-0.1, -0.05) is 316 Å². The molecule has 2 atom stereocenters. The summed E-state index contributed by atoms with van der Waals surface area (Å²) in [6.07, 6.45) is 91.7. The van der Waals surface area contributed by atoms with Crippen LogP contribution in [0.5, 0.6) is 0 Å². The van der Waals surface area contributed by atoms with Gasteiger partial charge in [-0.05, 0) is 83.5 Å². The molecule has 2 unspecified atom stereocenters. The van der Waals surface area contributed by atoms with Crippen molar-refractivity contribution in [3.63, 3.8) is 0 Å². The minimum atomic E-state index is -4.40. The standard InChI is InChI=1S/C72H126NO8P/c1-3-5-7-9-11-13-15-17-19-21-23-25-27-29-31-33-34-35-36-37-39-41-43-45-47-49-51-53-55-57-59-61-63-65-72(75)81-70(69-80-82(76,77)79-67-66-73)68-78-71(74)64-62-60-58-56-54-52-50-48-46-44-42-40-38-32-30-28-26-24-22-20-18-16-14-12-10-8-6-4-2/h5,7,11,13,17,19,23,25,29,31,34-35,37,39,43,45,49,51,70H,3-4,6,8-10,12,14-16,18,20-22,24,26-28,30,32-33,36,38,40-42,44,46-48,50,52-69,73H2,1-2H3,(H,76,77)/b7-5-,13-11-,19-17-,25-23-,31-29-,35-34-,39-37-,45-43-,51-49-. The zero-order chi connectivity index (χ0) is 59.4. The van der Waals surface area contributed by atoms with E-state index in [0.717, 1.165) is 109 Å². The van der Waals surface area contributed by atoms with Gasteiger partial charge >= 0.3 is 19.8 Å². The number of ether oxygens (including phenoxy) is 2. The van der Waals surface area contributed by atoms with E-state index in [9.17, 15) is 19.0 Å². The van der Waals surface area contributed by atoms with Gasteiger partial charge in [-0.15, -0.1) is 0 Å². The quantitative estimate of drug-likeness (QED) is 0.0264. The van der Waals surface area contributed by atoms with Crippen molar-refractivity contribution in [2.45, 2.75) is 309 Å². The van der Waals surface area contributed by atoms with Crippen molar-refractivity contribution < 1.29 is 37.6 Å². The highest BCUT2D eigenvalue weighted by Crippen LogP contribution is 2.43. The minimum absolute atomic E-state index is 0.0458. The van der Waals surface area contributed by atoms with Gasteiger partial charge in [-0.3, -0.25) is 18.6 Å². The topological polar surface area (TPSA) is 134 Å². The molecule has 0 radical (unpaired) electrons. The molecule has 0 aliphatic rings. The largest absolute Gasteiger partial charge is 0.472 e. The SMILES string of the molecule is CC/C=C\C/C=C\C/C=C\C/C=C\C/C=C\C/C=C\C/C=C\C/C=C\C/C=C\CCCCCCCC(=O)OC(COC(=O)CCCCCCCCCCCCCCCCCCCCCCCCCCCCCC)COP(=O)(O)OCCN. The number of rotatable bonds is 63. The van der Waals surface area contributed by atoms with Crippen LogP contribution in [0, 0.1) is 0 Å². The first-order chi connectivity index (χ1) is 40.3. The van der Waals surface area contributed by atoms with E-state index >= 15 is 0 Å². The number of phosphoric ester groups is 1. The Labute approximate surface area is 505 Å². The second kappa shape index (κ2) is 66.8. The Morgan fingerprint density at radius 2 is 0.671 bits per heavy atom. The molecule has 0 aliphatic carbocycles. The van der Waals surface area contributed by atoms with Crippen LogP contribution in [0.15, 0.2) is 109 Å². The molecular weight excluding hydrogens is 1040 g/mol. The predicted octanol–water partition coefficient (Wildman–Crippen LogP) is 22.1. The monoisotopic (exact) mass is 1160 g/mol. The van der Waals surface area contributed by atoms with Gasteiger partial charge in [0.05, 0.1) is 13.2 Å². The number of hydrogen-bond donors (Lipinski definition) is 2. The van der Waals surface area contributed by atoms with Crippen LogP contribution >= 0.6 is 7.82 Å². The van der Waals surface area contributed by atoms with Gasteiger partial charge in [0.15, 0.2) is 6.10 Å². The summed E-state index contributed by atoms with van der Waals surface area (Å²) in [5, 5.41) is 0. The molecule has 0 aromatic carbocycles. The Hall–Kier alpha value is -3.33. The number of esters is 2. The molecule has 0 aliphatic heterocycles. The number of allylic oxidation sites excluding steroid dienone is 18. The van der Waals surface area contributed by atoms with Gasteiger partial charge in [0.1, 0.15) is 6.61 Å². The molecule has 0 saturated heterocycles. The van der Waals surface area contributed by atoms with Crippen molar-refractivity contribution in [3.8, 4) is 0 Å². The van der Waals surface area contributed by atoms with Gasteiger partial charge in [-0.2, -0.15) is 0 Å². The third kappa shape index (κ3) is 65.8. The first kappa shape index (κ1) is 78.7. The molecule has 9 nitrogen and oxygen atoms in total. The number of carbonyl (C=O) groups excluding carboxylic acids is 2. The van der Waals surface area contributed by atoms with Gasteiger partial charge in [-0.25, -0.2) is 4.57 Å². The highest BCUT2D eigenvalue weighted by molar-refractivity contribution is 7.47. The van der Waals surface area contributed by atoms with Crippen LogP contribution in [0.3, 0.4) is 0 Å². The molecule has 3 N–H and O–H groups in total. The van der Waals surface area contributed by atoms with Gasteiger partial charge < -0.3 is 20.1 Å². The zero-order valence-electron chi connectivity index (χ0n) is 52.9. The predicted molar refractivity (Wildman–Crippen MR) is 353 cm³/mol. The molecule has 0 spiro atoms. The van der Waals surface area contributed by atoms with E-state index in [1.165, 1.54) is 161 Å². The Morgan fingerprint density at radius 3 is 1.00 bits per heavy atom. The fraction of sp³-hybridized carbons (Fsp3) is 0.722. The van der Waals surface area contributed by atoms with E-state index in [2.05, 4.69) is 123 Å². The summed E-state index contributed by atoms with van der Waals surface area (Å²) < 4.78 is 33.1. The molecule has 0 saturated carbocycles. The third-order valence-electron chi connectivity index (χ3n) is 14.4. The van der Waals surface area contributed by atoms with Gasteiger partial charge in [0.2, 0.25) is 0 Å². The number of unbranched alkanes of at least 4 members (excludes halogenated alkanes) is 32. The molecule has 472 valence electrons. The molecule has 0 rings (SSSR count). The molecule has 0 bridgehead atoms. The summed E-state index contributed by atoms with van der Waals surface area (Å²) in [6.45, 7) is 3.64. The van der Waals surface area contributed by atoms with Gasteiger partial charge in [0.25, 0.3) is 0 Å². The molecule has 0 heterocycles. The van der Waals surface area contributed by atoms with Gasteiger partial charge in [0, 0.05) is 19.4 Å². The summed E-state index contributed by atoms with van der Waals surface area (Å²) in [6, 6.07) is 0. The molecule has 0 amide bonds. The average Bonchev–Trinajstić information content (AvgIpc) is 3.47. The Balaban J connectivity index is 3.97. The lowest BCUT2D eigenvalue weighted by atomic mass is 10.0. The van der Waals surface area contributed by atoms with Crippen LogP contribution in [0.4, 0.5) is 0 Å². The number of nitrogens with two attached hydrogens (primary N) is 1. The second-order valence-electron chi connectivity index (χ2n) is 22.3. The van der Waals surface area contributed by atoms with E-state index < -0.39 is 26.5 Å². The maximum absolute atomic E-state index is 12.7. The summed E-state index contributed by atoms with van der Waals surface area (Å²) in [5.41, 5.74) is 5.40. The van der Waals surface area contributed by atoms with Crippen molar-refractivity contribution in [2.75, 3.05) is 26.4 Å². The van der Waals surface area contributed by atoms with Crippen LogP contribution in [0.25, 0.3) is 0 Å². The number of hydrogen-bond acceptors (Lipinski definition) is 8. The van der Waals surface area contributed by atoms with Crippen LogP contribution in [-0.4, -0.2) is 49.3 Å². The van der Waals surface area contributed by atoms with Crippen molar-refractivity contribution in [1.82, 2.24) is 0 Å². The van der Waals surface area contributed by atoms with Crippen LogP contribution in [0.1, 0.15) is 303 Å². The first-order valence-electron chi connectivity index (χ1n) is 33.9. The lowest BCUT2D eigenvalue weighted by Crippen LogP contribution is -2.29. The Kier molecular flexibility index (Phi) is 64.1. The third-order valence-corrected chi connectivity index (χ3v) is 15.4. The van der Waals surface area contributed by atoms with Crippen molar-refractivity contribution in [3.05, 3.63) is 109 Å². The smallest absolute Gasteiger partial charge is 0.462 e. The molecular formula is C72H126NO8P. The molecule has 0 fully saturated rings. The molecule has 82 heavy (non-hydrogen) atoms.